The van der Waals surface area contributed by atoms with Crippen LogP contribution in [0.1, 0.15) is 18.1 Å². The zero-order valence-corrected chi connectivity index (χ0v) is 11.9. The van der Waals surface area contributed by atoms with Gasteiger partial charge >= 0.3 is 18.1 Å². The van der Waals surface area contributed by atoms with Crippen LogP contribution in [0.15, 0.2) is 18.2 Å². The first-order valence-corrected chi connectivity index (χ1v) is 6.14. The molecule has 0 heterocycles. The van der Waals surface area contributed by atoms with Crippen LogP contribution in [-0.4, -0.2) is 19.0 Å². The van der Waals surface area contributed by atoms with Crippen LogP contribution >= 0.6 is 11.6 Å². The van der Waals surface area contributed by atoms with E-state index in [9.17, 15) is 22.8 Å². The van der Waals surface area contributed by atoms with Gasteiger partial charge in [-0.1, -0.05) is 17.7 Å². The van der Waals surface area contributed by atoms with Crippen molar-refractivity contribution >= 4 is 23.5 Å². The Morgan fingerprint density at radius 3 is 2.43 bits per heavy atom. The van der Waals surface area contributed by atoms with E-state index in [0.717, 1.165) is 19.2 Å². The Hall–Kier alpha value is -1.76. The molecule has 1 rings (SSSR count). The summed E-state index contributed by atoms with van der Waals surface area (Å²) in [6.45, 7) is 0.873. The smallest absolute Gasteiger partial charge is 0.417 e. The number of rotatable bonds is 4. The van der Waals surface area contributed by atoms with Crippen molar-refractivity contribution in [3.63, 3.8) is 0 Å². The lowest BCUT2D eigenvalue weighted by Gasteiger charge is -2.12. The van der Waals surface area contributed by atoms with Crippen LogP contribution in [0.25, 0.3) is 0 Å². The maximum Gasteiger partial charge on any atom is 0.417 e. The third-order valence-corrected chi connectivity index (χ3v) is 2.96. The molecule has 8 heteroatoms. The molecular formula is C13H12ClF3O4. The summed E-state index contributed by atoms with van der Waals surface area (Å²) in [5.74, 6) is -2.82. The Bertz CT molecular complexity index is 543. The van der Waals surface area contributed by atoms with Gasteiger partial charge in [0, 0.05) is 0 Å². The molecule has 21 heavy (non-hydrogen) atoms. The van der Waals surface area contributed by atoms with Crippen molar-refractivity contribution in [3.05, 3.63) is 34.3 Å². The summed E-state index contributed by atoms with van der Waals surface area (Å²) in [6, 6.07) is 3.16. The van der Waals surface area contributed by atoms with Crippen LogP contribution in [0, 0.1) is 5.92 Å². The molecule has 1 unspecified atom stereocenters. The number of methoxy groups -OCH3 is 1. The molecule has 0 bridgehead atoms. The van der Waals surface area contributed by atoms with Crippen LogP contribution in [0.5, 0.6) is 0 Å². The van der Waals surface area contributed by atoms with Crippen molar-refractivity contribution < 1.29 is 32.2 Å². The Morgan fingerprint density at radius 1 is 1.29 bits per heavy atom. The highest BCUT2D eigenvalue weighted by molar-refractivity contribution is 6.31. The Kier molecular flexibility index (Phi) is 5.60. The lowest BCUT2D eigenvalue weighted by atomic mass is 10.1. The first-order chi connectivity index (χ1) is 9.66. The van der Waals surface area contributed by atoms with E-state index in [1.54, 1.807) is 0 Å². The molecule has 4 nitrogen and oxygen atoms in total. The number of ether oxygens (including phenoxy) is 2. The number of carbonyl (C=O) groups is 2. The predicted molar refractivity (Wildman–Crippen MR) is 67.4 cm³/mol. The van der Waals surface area contributed by atoms with Gasteiger partial charge in [0.1, 0.15) is 6.61 Å². The van der Waals surface area contributed by atoms with Crippen molar-refractivity contribution in [1.82, 2.24) is 0 Å². The van der Waals surface area contributed by atoms with E-state index < -0.39 is 41.2 Å². The van der Waals surface area contributed by atoms with Crippen molar-refractivity contribution in [3.8, 4) is 0 Å². The number of benzene rings is 1. The van der Waals surface area contributed by atoms with Crippen molar-refractivity contribution in [2.45, 2.75) is 19.7 Å². The first kappa shape index (κ1) is 17.3. The van der Waals surface area contributed by atoms with Crippen LogP contribution in [-0.2, 0) is 31.8 Å². The summed E-state index contributed by atoms with van der Waals surface area (Å²) >= 11 is 5.47. The average Bonchev–Trinajstić information content (AvgIpc) is 2.43. The van der Waals surface area contributed by atoms with Crippen LogP contribution in [0.2, 0.25) is 5.02 Å². The van der Waals surface area contributed by atoms with Gasteiger partial charge in [-0.3, -0.25) is 9.59 Å². The maximum atomic E-state index is 12.7. The zero-order valence-electron chi connectivity index (χ0n) is 11.2. The van der Waals surface area contributed by atoms with Crippen LogP contribution in [0.4, 0.5) is 13.2 Å². The van der Waals surface area contributed by atoms with Gasteiger partial charge in [-0.2, -0.15) is 13.2 Å². The number of hydrogen-bond acceptors (Lipinski definition) is 4. The second kappa shape index (κ2) is 6.80. The van der Waals surface area contributed by atoms with E-state index >= 15 is 0 Å². The summed E-state index contributed by atoms with van der Waals surface area (Å²) in [6.07, 6.45) is -4.60. The molecule has 0 fully saturated rings. The fraction of sp³-hybridized carbons (Fsp3) is 0.385. The molecule has 1 aromatic carbocycles. The quantitative estimate of drug-likeness (QED) is 0.630. The first-order valence-electron chi connectivity index (χ1n) is 5.77. The standard InChI is InChI=1S/C13H12ClF3O4/c1-7(11(18)20-2)12(19)21-6-8-3-4-10(14)9(5-8)13(15,16)17/h3-5,7H,6H2,1-2H3. The SMILES string of the molecule is COC(=O)C(C)C(=O)OCc1ccc(Cl)c(C(F)(F)F)c1. The van der Waals surface area contributed by atoms with Crippen LogP contribution < -0.4 is 0 Å². The number of esters is 2. The summed E-state index contributed by atoms with van der Waals surface area (Å²) < 4.78 is 47.1. The number of hydrogen-bond donors (Lipinski definition) is 0. The fourth-order valence-corrected chi connectivity index (χ4v) is 1.66. The molecule has 116 valence electrons. The lowest BCUT2D eigenvalue weighted by Crippen LogP contribution is -2.24. The van der Waals surface area contributed by atoms with Gasteiger partial charge in [-0.15, -0.1) is 0 Å². The Balaban J connectivity index is 2.77. The molecule has 1 aromatic rings. The molecule has 0 amide bonds. The summed E-state index contributed by atoms with van der Waals surface area (Å²) in [4.78, 5) is 22.6. The topological polar surface area (TPSA) is 52.6 Å². The molecule has 0 N–H and O–H groups in total. The van der Waals surface area contributed by atoms with Crippen molar-refractivity contribution in [2.75, 3.05) is 7.11 Å². The normalized spacial score (nSPS) is 12.7. The number of alkyl halides is 3. The number of halogens is 4. The lowest BCUT2D eigenvalue weighted by molar-refractivity contribution is -0.160. The monoisotopic (exact) mass is 324 g/mol. The van der Waals surface area contributed by atoms with Crippen molar-refractivity contribution in [1.29, 1.82) is 0 Å². The van der Waals surface area contributed by atoms with Gasteiger partial charge in [0.25, 0.3) is 0 Å². The maximum absolute atomic E-state index is 12.7. The molecule has 0 spiro atoms. The average molecular weight is 325 g/mol. The van der Waals surface area contributed by atoms with E-state index in [2.05, 4.69) is 4.74 Å². The summed E-state index contributed by atoms with van der Waals surface area (Å²) in [7, 11) is 1.11. The van der Waals surface area contributed by atoms with Crippen molar-refractivity contribution in [2.24, 2.45) is 5.92 Å². The molecule has 0 saturated heterocycles. The largest absolute Gasteiger partial charge is 0.468 e. The van der Waals surface area contributed by atoms with Crippen LogP contribution in [0.3, 0.4) is 0 Å². The highest BCUT2D eigenvalue weighted by atomic mass is 35.5. The molecule has 0 aromatic heterocycles. The van der Waals surface area contributed by atoms with E-state index in [4.69, 9.17) is 16.3 Å². The van der Waals surface area contributed by atoms with Gasteiger partial charge < -0.3 is 9.47 Å². The molecule has 0 aliphatic carbocycles. The fourth-order valence-electron chi connectivity index (χ4n) is 1.43. The van der Waals surface area contributed by atoms with Gasteiger partial charge in [0.05, 0.1) is 17.7 Å². The highest BCUT2D eigenvalue weighted by Crippen LogP contribution is 2.35. The molecule has 0 saturated carbocycles. The predicted octanol–water partition coefficient (Wildman–Crippen LogP) is 3.21. The van der Waals surface area contributed by atoms with Gasteiger partial charge in [0.2, 0.25) is 0 Å². The Labute approximate surface area is 123 Å². The van der Waals surface area contributed by atoms with E-state index in [1.165, 1.54) is 13.0 Å². The van der Waals surface area contributed by atoms with Gasteiger partial charge in [-0.05, 0) is 24.6 Å². The Morgan fingerprint density at radius 2 is 1.90 bits per heavy atom. The highest BCUT2D eigenvalue weighted by Gasteiger charge is 2.33. The third kappa shape index (κ3) is 4.63. The minimum atomic E-state index is -4.60. The minimum Gasteiger partial charge on any atom is -0.468 e. The molecule has 1 atom stereocenters. The van der Waals surface area contributed by atoms with Gasteiger partial charge in [0.15, 0.2) is 5.92 Å². The summed E-state index contributed by atoms with van der Waals surface area (Å²) in [5, 5.41) is -0.444. The molecule has 0 radical (unpaired) electrons. The zero-order chi connectivity index (χ0) is 16.2. The minimum absolute atomic E-state index is 0.108. The summed E-state index contributed by atoms with van der Waals surface area (Å²) in [5.41, 5.74) is -0.907. The van der Waals surface area contributed by atoms with E-state index in [1.807, 2.05) is 0 Å². The number of carbonyl (C=O) groups excluding carboxylic acids is 2. The second-order valence-electron chi connectivity index (χ2n) is 4.16. The third-order valence-electron chi connectivity index (χ3n) is 2.63. The molecule has 0 aliphatic rings. The molecule has 0 aliphatic heterocycles. The second-order valence-corrected chi connectivity index (χ2v) is 4.57. The molecular weight excluding hydrogens is 313 g/mol. The van der Waals surface area contributed by atoms with Gasteiger partial charge in [-0.25, -0.2) is 0 Å². The van der Waals surface area contributed by atoms with E-state index in [0.29, 0.717) is 0 Å². The van der Waals surface area contributed by atoms with E-state index in [-0.39, 0.29) is 5.56 Å².